The van der Waals surface area contributed by atoms with Gasteiger partial charge in [-0.1, -0.05) is 6.07 Å². The second-order valence-electron chi connectivity index (χ2n) is 5.30. The maximum atomic E-state index is 13.1. The van der Waals surface area contributed by atoms with Crippen LogP contribution in [-0.4, -0.2) is 30.8 Å². The number of carbonyl (C=O) groups is 1. The maximum absolute atomic E-state index is 13.1. The number of carbonyl (C=O) groups excluding carboxylic acids is 1. The van der Waals surface area contributed by atoms with E-state index in [0.29, 0.717) is 4.88 Å². The third kappa shape index (κ3) is 3.94. The van der Waals surface area contributed by atoms with Crippen LogP contribution in [0.25, 0.3) is 0 Å². The van der Waals surface area contributed by atoms with Crippen LogP contribution in [0, 0.1) is 5.82 Å². The number of thiophene rings is 1. The molecule has 0 saturated carbocycles. The number of hydrogen-bond acceptors (Lipinski definition) is 6. The van der Waals surface area contributed by atoms with Gasteiger partial charge in [-0.3, -0.25) is 9.78 Å². The second kappa shape index (κ2) is 7.71. The van der Waals surface area contributed by atoms with Crippen molar-refractivity contribution >= 4 is 27.1 Å². The molecule has 0 fully saturated rings. The molecule has 26 heavy (non-hydrogen) atoms. The first-order chi connectivity index (χ1) is 12.5. The Balaban J connectivity index is 1.86. The summed E-state index contributed by atoms with van der Waals surface area (Å²) < 4.78 is 39.1. The Morgan fingerprint density at radius 3 is 2.58 bits per heavy atom. The average molecular weight is 391 g/mol. The molecule has 2 heterocycles. The van der Waals surface area contributed by atoms with Crippen LogP contribution in [0.2, 0.25) is 0 Å². The highest BCUT2D eigenvalue weighted by molar-refractivity contribution is 7.91. The van der Waals surface area contributed by atoms with E-state index in [0.717, 1.165) is 12.1 Å². The van der Waals surface area contributed by atoms with E-state index in [-0.39, 0.29) is 17.1 Å². The van der Waals surface area contributed by atoms with Gasteiger partial charge in [0, 0.05) is 23.8 Å². The summed E-state index contributed by atoms with van der Waals surface area (Å²) in [7, 11) is -3.83. The van der Waals surface area contributed by atoms with E-state index in [1.165, 1.54) is 42.1 Å². The molecule has 1 aromatic carbocycles. The average Bonchev–Trinajstić information content (AvgIpc) is 3.17. The van der Waals surface area contributed by atoms with Crippen molar-refractivity contribution in [3.8, 4) is 0 Å². The van der Waals surface area contributed by atoms with Crippen LogP contribution >= 0.6 is 11.3 Å². The molecule has 0 radical (unpaired) electrons. The standard InChI is InChI=1S/C17H14FN3O3S2/c18-12-3-5-13(6-4-12)26(23,24)16(15-2-1-9-25-15)11-21-17(22)14-10-19-7-8-20-14/h1-10,16H,11H2,(H,21,22)/t16-/m1/s1. The molecule has 1 amide bonds. The number of sulfone groups is 1. The summed E-state index contributed by atoms with van der Waals surface area (Å²) in [6, 6.07) is 8.04. The Labute approximate surface area is 153 Å². The van der Waals surface area contributed by atoms with Crippen LogP contribution < -0.4 is 5.32 Å². The predicted octanol–water partition coefficient (Wildman–Crippen LogP) is 2.62. The molecular formula is C17H14FN3O3S2. The minimum atomic E-state index is -3.83. The van der Waals surface area contributed by atoms with Gasteiger partial charge in [0.2, 0.25) is 0 Å². The minimum absolute atomic E-state index is 0.00829. The maximum Gasteiger partial charge on any atom is 0.271 e. The number of rotatable bonds is 6. The largest absolute Gasteiger partial charge is 0.349 e. The van der Waals surface area contributed by atoms with Crippen molar-refractivity contribution < 1.29 is 17.6 Å². The lowest BCUT2D eigenvalue weighted by Gasteiger charge is -2.17. The lowest BCUT2D eigenvalue weighted by Crippen LogP contribution is -2.32. The monoisotopic (exact) mass is 391 g/mol. The summed E-state index contributed by atoms with van der Waals surface area (Å²) in [6.45, 7) is -0.143. The minimum Gasteiger partial charge on any atom is -0.349 e. The van der Waals surface area contributed by atoms with E-state index in [1.54, 1.807) is 17.5 Å². The van der Waals surface area contributed by atoms with Crippen LogP contribution in [0.15, 0.2) is 65.3 Å². The third-order valence-electron chi connectivity index (χ3n) is 3.62. The third-order valence-corrected chi connectivity index (χ3v) is 6.86. The van der Waals surface area contributed by atoms with Gasteiger partial charge >= 0.3 is 0 Å². The van der Waals surface area contributed by atoms with Crippen LogP contribution in [0.4, 0.5) is 4.39 Å². The predicted molar refractivity (Wildman–Crippen MR) is 95.0 cm³/mol. The van der Waals surface area contributed by atoms with Gasteiger partial charge < -0.3 is 5.32 Å². The number of halogens is 1. The van der Waals surface area contributed by atoms with Gasteiger partial charge in [-0.15, -0.1) is 11.3 Å². The molecule has 3 rings (SSSR count). The van der Waals surface area contributed by atoms with Crippen molar-refractivity contribution in [2.75, 3.05) is 6.54 Å². The lowest BCUT2D eigenvalue weighted by atomic mass is 10.3. The van der Waals surface area contributed by atoms with Gasteiger partial charge in [0.1, 0.15) is 16.8 Å². The van der Waals surface area contributed by atoms with Gasteiger partial charge in [0.05, 0.1) is 11.1 Å². The Kier molecular flexibility index (Phi) is 5.38. The number of amides is 1. The molecule has 0 bridgehead atoms. The molecule has 134 valence electrons. The molecule has 0 saturated heterocycles. The van der Waals surface area contributed by atoms with E-state index in [2.05, 4.69) is 15.3 Å². The highest BCUT2D eigenvalue weighted by atomic mass is 32.2. The smallest absolute Gasteiger partial charge is 0.271 e. The summed E-state index contributed by atoms with van der Waals surface area (Å²) in [4.78, 5) is 20.4. The van der Waals surface area contributed by atoms with Crippen molar-refractivity contribution in [3.63, 3.8) is 0 Å². The quantitative estimate of drug-likeness (QED) is 0.653. The Bertz CT molecular complexity index is 976. The summed E-state index contributed by atoms with van der Waals surface area (Å²) >= 11 is 1.27. The molecule has 0 aliphatic heterocycles. The second-order valence-corrected chi connectivity index (χ2v) is 8.41. The number of aromatic nitrogens is 2. The molecule has 0 spiro atoms. The molecule has 6 nitrogen and oxygen atoms in total. The SMILES string of the molecule is O=C(NC[C@H](c1cccs1)S(=O)(=O)c1ccc(F)cc1)c1cnccn1. The van der Waals surface area contributed by atoms with E-state index < -0.39 is 26.8 Å². The fraction of sp³-hybridized carbons (Fsp3) is 0.118. The van der Waals surface area contributed by atoms with Crippen molar-refractivity contribution in [2.24, 2.45) is 0 Å². The first-order valence-corrected chi connectivity index (χ1v) is 9.98. The number of hydrogen-bond donors (Lipinski definition) is 1. The molecular weight excluding hydrogens is 377 g/mol. The number of benzene rings is 1. The Hall–Kier alpha value is -2.65. The molecule has 3 aromatic rings. The van der Waals surface area contributed by atoms with E-state index in [9.17, 15) is 17.6 Å². The zero-order valence-electron chi connectivity index (χ0n) is 13.4. The molecule has 0 aliphatic carbocycles. The normalized spacial score (nSPS) is 12.5. The van der Waals surface area contributed by atoms with E-state index in [1.807, 2.05) is 0 Å². The first-order valence-electron chi connectivity index (χ1n) is 7.55. The Morgan fingerprint density at radius 1 is 1.19 bits per heavy atom. The Morgan fingerprint density at radius 2 is 1.96 bits per heavy atom. The van der Waals surface area contributed by atoms with Gasteiger partial charge in [-0.2, -0.15) is 0 Å². The molecule has 2 aromatic heterocycles. The summed E-state index contributed by atoms with van der Waals surface area (Å²) in [5.74, 6) is -1.04. The molecule has 1 N–H and O–H groups in total. The molecule has 9 heteroatoms. The zero-order valence-corrected chi connectivity index (χ0v) is 15.0. The van der Waals surface area contributed by atoms with Crippen LogP contribution in [0.3, 0.4) is 0 Å². The van der Waals surface area contributed by atoms with Gasteiger partial charge in [-0.05, 0) is 35.7 Å². The fourth-order valence-electron chi connectivity index (χ4n) is 2.32. The van der Waals surface area contributed by atoms with Crippen LogP contribution in [0.5, 0.6) is 0 Å². The summed E-state index contributed by atoms with van der Waals surface area (Å²) in [5, 5.41) is 3.35. The zero-order chi connectivity index (χ0) is 18.6. The van der Waals surface area contributed by atoms with Crippen molar-refractivity contribution in [3.05, 3.63) is 76.8 Å². The summed E-state index contributed by atoms with van der Waals surface area (Å²) in [5.41, 5.74) is 0.0941. The van der Waals surface area contributed by atoms with E-state index in [4.69, 9.17) is 0 Å². The molecule has 1 atom stereocenters. The topological polar surface area (TPSA) is 89.0 Å². The first kappa shape index (κ1) is 18.2. The number of nitrogens with zero attached hydrogens (tertiary/aromatic N) is 2. The van der Waals surface area contributed by atoms with Crippen molar-refractivity contribution in [2.45, 2.75) is 10.1 Å². The highest BCUT2D eigenvalue weighted by Gasteiger charge is 2.30. The van der Waals surface area contributed by atoms with Crippen LogP contribution in [0.1, 0.15) is 20.6 Å². The fourth-order valence-corrected chi connectivity index (χ4v) is 5.10. The van der Waals surface area contributed by atoms with Gasteiger partial charge in [0.15, 0.2) is 9.84 Å². The van der Waals surface area contributed by atoms with Crippen molar-refractivity contribution in [1.82, 2.24) is 15.3 Å². The summed E-state index contributed by atoms with van der Waals surface area (Å²) in [6.07, 6.45) is 4.11. The highest BCUT2D eigenvalue weighted by Crippen LogP contribution is 2.31. The van der Waals surface area contributed by atoms with Gasteiger partial charge in [-0.25, -0.2) is 17.8 Å². The molecule has 0 unspecified atom stereocenters. The van der Waals surface area contributed by atoms with Gasteiger partial charge in [0.25, 0.3) is 5.91 Å². The van der Waals surface area contributed by atoms with E-state index >= 15 is 0 Å². The number of nitrogens with one attached hydrogen (secondary N) is 1. The lowest BCUT2D eigenvalue weighted by molar-refractivity contribution is 0.0948. The molecule has 0 aliphatic rings. The van der Waals surface area contributed by atoms with Crippen LogP contribution in [-0.2, 0) is 9.84 Å². The van der Waals surface area contributed by atoms with Crippen molar-refractivity contribution in [1.29, 1.82) is 0 Å².